The Hall–Kier alpha value is -2.15. The molecule has 0 radical (unpaired) electrons. The molecule has 0 aromatic heterocycles. The number of halogens is 1. The van der Waals surface area contributed by atoms with E-state index in [0.29, 0.717) is 18.7 Å². The normalized spacial score (nSPS) is 17.5. The van der Waals surface area contributed by atoms with E-state index in [0.717, 1.165) is 25.9 Å². The van der Waals surface area contributed by atoms with Crippen LogP contribution in [0.15, 0.2) is 24.3 Å². The minimum absolute atomic E-state index is 0.0308. The van der Waals surface area contributed by atoms with Gasteiger partial charge in [0.1, 0.15) is 11.4 Å². The van der Waals surface area contributed by atoms with Crippen molar-refractivity contribution in [2.24, 2.45) is 5.92 Å². The Morgan fingerprint density at radius 3 is 2.55 bits per heavy atom. The molecular weight excluding hydrogens is 397 g/mol. The summed E-state index contributed by atoms with van der Waals surface area (Å²) in [6.07, 6.45) is 1.71. The maximum atomic E-state index is 13.9. The molecule has 31 heavy (non-hydrogen) atoms. The molecule has 0 aliphatic carbocycles. The Kier molecular flexibility index (Phi) is 8.86. The number of amides is 2. The number of rotatable bonds is 7. The Balaban J connectivity index is 1.91. The summed E-state index contributed by atoms with van der Waals surface area (Å²) >= 11 is 0. The predicted molar refractivity (Wildman–Crippen MR) is 120 cm³/mol. The zero-order valence-corrected chi connectivity index (χ0v) is 19.9. The second-order valence-corrected chi connectivity index (χ2v) is 9.81. The van der Waals surface area contributed by atoms with E-state index in [2.05, 4.69) is 4.90 Å². The van der Waals surface area contributed by atoms with Gasteiger partial charge in [-0.25, -0.2) is 9.18 Å². The number of benzene rings is 1. The number of carbonyl (C=O) groups is 2. The van der Waals surface area contributed by atoms with Gasteiger partial charge in [0.2, 0.25) is 5.91 Å². The van der Waals surface area contributed by atoms with Crippen molar-refractivity contribution in [3.63, 3.8) is 0 Å². The van der Waals surface area contributed by atoms with Crippen LogP contribution in [0.4, 0.5) is 9.18 Å². The number of ether oxygens (including phenoxy) is 1. The second kappa shape index (κ2) is 10.9. The first-order valence-electron chi connectivity index (χ1n) is 11.2. The van der Waals surface area contributed by atoms with Gasteiger partial charge in [0.05, 0.1) is 6.54 Å². The van der Waals surface area contributed by atoms with Gasteiger partial charge in [-0.3, -0.25) is 9.69 Å². The van der Waals surface area contributed by atoms with Crippen LogP contribution in [0.3, 0.4) is 0 Å². The molecule has 1 aliphatic heterocycles. The summed E-state index contributed by atoms with van der Waals surface area (Å²) in [6, 6.07) is 6.57. The molecule has 0 saturated carbocycles. The lowest BCUT2D eigenvalue weighted by molar-refractivity contribution is -0.132. The third-order valence-electron chi connectivity index (χ3n) is 5.46. The fourth-order valence-electron chi connectivity index (χ4n) is 3.82. The summed E-state index contributed by atoms with van der Waals surface area (Å²) in [6.45, 7) is 12.4. The third kappa shape index (κ3) is 8.13. The van der Waals surface area contributed by atoms with E-state index in [1.807, 2.05) is 34.6 Å². The second-order valence-electron chi connectivity index (χ2n) is 9.81. The van der Waals surface area contributed by atoms with E-state index < -0.39 is 5.60 Å². The molecule has 7 heteroatoms. The summed E-state index contributed by atoms with van der Waals surface area (Å²) < 4.78 is 19.5. The maximum absolute atomic E-state index is 13.9. The average Bonchev–Trinajstić information content (AvgIpc) is 2.66. The summed E-state index contributed by atoms with van der Waals surface area (Å²) in [5.74, 6) is -0.0405. The minimum atomic E-state index is -0.530. The highest BCUT2D eigenvalue weighted by Gasteiger charge is 2.29. The molecular formula is C24H38FN3O3. The van der Waals surface area contributed by atoms with Gasteiger partial charge in [-0.2, -0.15) is 0 Å². The molecule has 2 amide bonds. The van der Waals surface area contributed by atoms with Crippen LogP contribution >= 0.6 is 0 Å². The van der Waals surface area contributed by atoms with Crippen molar-refractivity contribution >= 4 is 12.0 Å². The quantitative estimate of drug-likeness (QED) is 0.646. The van der Waals surface area contributed by atoms with Crippen molar-refractivity contribution < 1.29 is 18.7 Å². The molecule has 1 atom stereocenters. The first-order valence-corrected chi connectivity index (χ1v) is 11.2. The molecule has 1 aromatic rings. The van der Waals surface area contributed by atoms with E-state index in [1.54, 1.807) is 35.0 Å². The molecule has 1 heterocycles. The van der Waals surface area contributed by atoms with Crippen molar-refractivity contribution in [3.05, 3.63) is 35.6 Å². The highest BCUT2D eigenvalue weighted by Crippen LogP contribution is 2.21. The molecule has 1 aromatic carbocycles. The van der Waals surface area contributed by atoms with Gasteiger partial charge in [0.25, 0.3) is 0 Å². The van der Waals surface area contributed by atoms with Crippen molar-refractivity contribution in [2.75, 3.05) is 33.2 Å². The first-order chi connectivity index (χ1) is 14.5. The van der Waals surface area contributed by atoms with Gasteiger partial charge in [0, 0.05) is 38.3 Å². The Morgan fingerprint density at radius 1 is 1.26 bits per heavy atom. The minimum Gasteiger partial charge on any atom is -0.444 e. The van der Waals surface area contributed by atoms with Gasteiger partial charge in [-0.15, -0.1) is 0 Å². The van der Waals surface area contributed by atoms with Crippen LogP contribution < -0.4 is 0 Å². The predicted octanol–water partition coefficient (Wildman–Crippen LogP) is 4.14. The van der Waals surface area contributed by atoms with Gasteiger partial charge in [-0.1, -0.05) is 18.2 Å². The van der Waals surface area contributed by atoms with Gasteiger partial charge < -0.3 is 14.5 Å². The van der Waals surface area contributed by atoms with Crippen molar-refractivity contribution in [2.45, 2.75) is 65.6 Å². The van der Waals surface area contributed by atoms with Crippen LogP contribution in [0, 0.1) is 11.7 Å². The molecule has 0 bridgehead atoms. The largest absolute Gasteiger partial charge is 0.444 e. The van der Waals surface area contributed by atoms with Crippen LogP contribution in [-0.4, -0.2) is 71.6 Å². The molecule has 2 rings (SSSR count). The zero-order valence-electron chi connectivity index (χ0n) is 19.9. The average molecular weight is 436 g/mol. The van der Waals surface area contributed by atoms with Crippen molar-refractivity contribution in [1.82, 2.24) is 14.7 Å². The standard InChI is InChI=1S/C24H38FN3O3/c1-18(2)28(23(30)31-24(3,4)5)15-19-10-9-13-27(14-19)17-22(29)26(6)16-20-11-7-8-12-21(20)25/h7-8,11-12,18-19H,9-10,13-17H2,1-6H3. The van der Waals surface area contributed by atoms with Crippen molar-refractivity contribution in [3.8, 4) is 0 Å². The van der Waals surface area contributed by atoms with Gasteiger partial charge in [-0.05, 0) is 66.0 Å². The number of hydrogen-bond acceptors (Lipinski definition) is 4. The Morgan fingerprint density at radius 2 is 1.94 bits per heavy atom. The van der Waals surface area contributed by atoms with E-state index in [4.69, 9.17) is 4.74 Å². The van der Waals surface area contributed by atoms with E-state index in [-0.39, 0.29) is 36.3 Å². The number of likely N-dealkylation sites (tertiary alicyclic amines) is 1. The van der Waals surface area contributed by atoms with E-state index >= 15 is 0 Å². The fraction of sp³-hybridized carbons (Fsp3) is 0.667. The Labute approximate surface area is 186 Å². The summed E-state index contributed by atoms with van der Waals surface area (Å²) in [4.78, 5) is 30.8. The number of hydrogen-bond donors (Lipinski definition) is 0. The van der Waals surface area contributed by atoms with Crippen LogP contribution in [0.1, 0.15) is 53.0 Å². The highest BCUT2D eigenvalue weighted by atomic mass is 19.1. The van der Waals surface area contributed by atoms with Crippen molar-refractivity contribution in [1.29, 1.82) is 0 Å². The van der Waals surface area contributed by atoms with E-state index in [1.165, 1.54) is 6.07 Å². The SMILES string of the molecule is CC(C)N(CC1CCCN(CC(=O)N(C)Cc2ccccc2F)C1)C(=O)OC(C)(C)C. The summed E-state index contributed by atoms with van der Waals surface area (Å²) in [7, 11) is 1.71. The Bertz CT molecular complexity index is 748. The van der Waals surface area contributed by atoms with Gasteiger partial charge in [0.15, 0.2) is 0 Å². The molecule has 0 spiro atoms. The number of likely N-dealkylation sites (N-methyl/N-ethyl adjacent to an activating group) is 1. The van der Waals surface area contributed by atoms with Crippen LogP contribution in [0.2, 0.25) is 0 Å². The first kappa shape index (κ1) is 25.1. The number of carbonyl (C=O) groups excluding carboxylic acids is 2. The monoisotopic (exact) mass is 435 g/mol. The van der Waals surface area contributed by atoms with Gasteiger partial charge >= 0.3 is 6.09 Å². The van der Waals surface area contributed by atoms with Crippen LogP contribution in [-0.2, 0) is 16.1 Å². The zero-order chi connectivity index (χ0) is 23.2. The molecule has 1 unspecified atom stereocenters. The number of piperidine rings is 1. The van der Waals surface area contributed by atoms with Crippen LogP contribution in [0.25, 0.3) is 0 Å². The summed E-state index contributed by atoms with van der Waals surface area (Å²) in [5, 5.41) is 0. The fourth-order valence-corrected chi connectivity index (χ4v) is 3.82. The molecule has 174 valence electrons. The lowest BCUT2D eigenvalue weighted by Crippen LogP contribution is -2.48. The molecule has 1 fully saturated rings. The highest BCUT2D eigenvalue weighted by molar-refractivity contribution is 5.78. The molecule has 0 N–H and O–H groups in total. The molecule has 6 nitrogen and oxygen atoms in total. The van der Waals surface area contributed by atoms with Crippen LogP contribution in [0.5, 0.6) is 0 Å². The topological polar surface area (TPSA) is 53.1 Å². The lowest BCUT2D eigenvalue weighted by Gasteiger charge is -2.37. The smallest absolute Gasteiger partial charge is 0.410 e. The number of nitrogens with zero attached hydrogens (tertiary/aromatic N) is 3. The maximum Gasteiger partial charge on any atom is 0.410 e. The lowest BCUT2D eigenvalue weighted by atomic mass is 9.97. The molecule has 1 aliphatic rings. The molecule has 1 saturated heterocycles. The third-order valence-corrected chi connectivity index (χ3v) is 5.46. The van der Waals surface area contributed by atoms with E-state index in [9.17, 15) is 14.0 Å². The summed E-state index contributed by atoms with van der Waals surface area (Å²) in [5.41, 5.74) is -0.0160.